The van der Waals surface area contributed by atoms with E-state index in [1.807, 2.05) is 0 Å². The molecule has 0 heterocycles. The minimum absolute atomic E-state index is 0.277. The van der Waals surface area contributed by atoms with Crippen molar-refractivity contribution in [3.8, 4) is 0 Å². The maximum atomic E-state index is 12.4. The molecule has 0 spiro atoms. The lowest BCUT2D eigenvalue weighted by atomic mass is 10.0. The van der Waals surface area contributed by atoms with Crippen LogP contribution in [0.2, 0.25) is 0 Å². The van der Waals surface area contributed by atoms with Crippen LogP contribution in [0, 0.1) is 0 Å². The van der Waals surface area contributed by atoms with Gasteiger partial charge in [-0.05, 0) is 44.9 Å². The van der Waals surface area contributed by atoms with Crippen molar-refractivity contribution in [3.63, 3.8) is 0 Å². The van der Waals surface area contributed by atoms with Crippen LogP contribution in [0.25, 0.3) is 0 Å². The number of carbonyl (C=O) groups excluding carboxylic acids is 1. The molecule has 3 N–H and O–H groups in total. The molecule has 0 saturated carbocycles. The Bertz CT molecular complexity index is 791. The molecule has 0 saturated heterocycles. The molecule has 0 rings (SSSR count). The van der Waals surface area contributed by atoms with E-state index in [-0.39, 0.29) is 12.3 Å². The highest BCUT2D eigenvalue weighted by molar-refractivity contribution is 7.85. The summed E-state index contributed by atoms with van der Waals surface area (Å²) in [7, 11) is -4.31. The minimum atomic E-state index is -4.31. The van der Waals surface area contributed by atoms with Gasteiger partial charge in [-0.2, -0.15) is 8.42 Å². The fraction of sp³-hybridized carbons (Fsp3) is 0.794. The SMILES string of the molecule is CC/C=C\C/C=C\C/C=C\CCCCCC(=O)NC(CS(=O)(=O)O)C(O)CCCCCCCCCCCCCCC. The number of amides is 1. The van der Waals surface area contributed by atoms with E-state index in [0.717, 1.165) is 57.8 Å². The molecule has 0 bridgehead atoms. The standard InChI is InChI=1S/C34H63NO5S/c1-3-5-7-9-11-13-15-17-19-21-23-25-27-29-33(36)32(31-41(38,39)40)35-34(37)30-28-26-24-22-20-18-16-14-12-10-8-6-4-2/h6,8,12,14,18,20,32-33,36H,3-5,7,9-11,13,15-17,19,21-31H2,1-2H3,(H,35,37)(H,38,39,40)/b8-6-,14-12-,20-18-. The van der Waals surface area contributed by atoms with Crippen molar-refractivity contribution in [2.45, 2.75) is 167 Å². The Morgan fingerprint density at radius 3 is 1.71 bits per heavy atom. The van der Waals surface area contributed by atoms with E-state index in [1.165, 1.54) is 64.2 Å². The van der Waals surface area contributed by atoms with Crippen LogP contribution in [-0.4, -0.2) is 41.9 Å². The van der Waals surface area contributed by atoms with Gasteiger partial charge >= 0.3 is 0 Å². The maximum absolute atomic E-state index is 12.4. The molecular weight excluding hydrogens is 534 g/mol. The van der Waals surface area contributed by atoms with E-state index in [2.05, 4.69) is 55.6 Å². The maximum Gasteiger partial charge on any atom is 0.266 e. The van der Waals surface area contributed by atoms with Crippen LogP contribution < -0.4 is 5.32 Å². The van der Waals surface area contributed by atoms with Crippen molar-refractivity contribution < 1.29 is 22.9 Å². The zero-order chi connectivity index (χ0) is 30.4. The average molecular weight is 598 g/mol. The molecule has 0 aromatic heterocycles. The quantitative estimate of drug-likeness (QED) is 0.0453. The third-order valence-electron chi connectivity index (χ3n) is 7.36. The number of hydrogen-bond acceptors (Lipinski definition) is 4. The normalized spacial score (nSPS) is 14.0. The Morgan fingerprint density at radius 1 is 0.683 bits per heavy atom. The van der Waals surface area contributed by atoms with Crippen LogP contribution in [0.15, 0.2) is 36.5 Å². The van der Waals surface area contributed by atoms with Crippen molar-refractivity contribution >= 4 is 16.0 Å². The van der Waals surface area contributed by atoms with Crippen LogP contribution in [0.3, 0.4) is 0 Å². The van der Waals surface area contributed by atoms with Crippen LogP contribution in [0.5, 0.6) is 0 Å². The highest BCUT2D eigenvalue weighted by Crippen LogP contribution is 2.15. The molecule has 0 aliphatic carbocycles. The Morgan fingerprint density at radius 2 is 1.17 bits per heavy atom. The van der Waals surface area contributed by atoms with Crippen molar-refractivity contribution in [1.82, 2.24) is 5.32 Å². The first-order valence-corrected chi connectivity index (χ1v) is 18.3. The summed E-state index contributed by atoms with van der Waals surface area (Å²) in [6.07, 6.45) is 35.2. The molecule has 2 atom stereocenters. The second-order valence-electron chi connectivity index (χ2n) is 11.4. The first-order chi connectivity index (χ1) is 19.8. The Hall–Kier alpha value is -1.44. The van der Waals surface area contributed by atoms with E-state index in [9.17, 15) is 22.9 Å². The second kappa shape index (κ2) is 28.7. The number of nitrogens with one attached hydrogen (secondary N) is 1. The zero-order valence-electron chi connectivity index (χ0n) is 26.4. The van der Waals surface area contributed by atoms with E-state index < -0.39 is 28.0 Å². The fourth-order valence-electron chi connectivity index (χ4n) is 4.88. The van der Waals surface area contributed by atoms with Crippen molar-refractivity contribution in [2.24, 2.45) is 0 Å². The van der Waals surface area contributed by atoms with Gasteiger partial charge in [-0.3, -0.25) is 9.35 Å². The molecule has 0 aromatic carbocycles. The average Bonchev–Trinajstić information content (AvgIpc) is 2.92. The highest BCUT2D eigenvalue weighted by atomic mass is 32.2. The van der Waals surface area contributed by atoms with Gasteiger partial charge in [0.05, 0.1) is 17.9 Å². The molecule has 6 nitrogen and oxygen atoms in total. The predicted octanol–water partition coefficient (Wildman–Crippen LogP) is 9.01. The zero-order valence-corrected chi connectivity index (χ0v) is 27.2. The van der Waals surface area contributed by atoms with Crippen molar-refractivity contribution in [1.29, 1.82) is 0 Å². The van der Waals surface area contributed by atoms with E-state index in [1.54, 1.807) is 0 Å². The largest absolute Gasteiger partial charge is 0.391 e. The van der Waals surface area contributed by atoms with Crippen molar-refractivity contribution in [3.05, 3.63) is 36.5 Å². The summed E-state index contributed by atoms with van der Waals surface area (Å²) < 4.78 is 32.3. The molecule has 0 aliphatic heterocycles. The van der Waals surface area contributed by atoms with E-state index >= 15 is 0 Å². The number of aliphatic hydroxyl groups is 1. The molecule has 7 heteroatoms. The second-order valence-corrected chi connectivity index (χ2v) is 12.9. The van der Waals surface area contributed by atoms with Crippen LogP contribution in [-0.2, 0) is 14.9 Å². The van der Waals surface area contributed by atoms with Gasteiger partial charge in [0.15, 0.2) is 0 Å². The van der Waals surface area contributed by atoms with Crippen LogP contribution in [0.1, 0.15) is 155 Å². The van der Waals surface area contributed by atoms with Gasteiger partial charge < -0.3 is 10.4 Å². The molecule has 0 aliphatic rings. The lowest BCUT2D eigenvalue weighted by Gasteiger charge is -2.23. The Balaban J connectivity index is 4.04. The molecule has 240 valence electrons. The van der Waals surface area contributed by atoms with Crippen molar-refractivity contribution in [2.75, 3.05) is 5.75 Å². The summed E-state index contributed by atoms with van der Waals surface area (Å²) in [6.45, 7) is 4.37. The number of hydrogen-bond donors (Lipinski definition) is 3. The third kappa shape index (κ3) is 29.8. The van der Waals surface area contributed by atoms with Gasteiger partial charge in [-0.25, -0.2) is 0 Å². The Kier molecular flexibility index (Phi) is 27.7. The summed E-state index contributed by atoms with van der Waals surface area (Å²) in [5, 5.41) is 13.2. The van der Waals surface area contributed by atoms with Gasteiger partial charge in [0.1, 0.15) is 0 Å². The fourth-order valence-corrected chi connectivity index (χ4v) is 5.64. The lowest BCUT2D eigenvalue weighted by Crippen LogP contribution is -2.47. The number of aliphatic hydroxyl groups excluding tert-OH is 1. The molecule has 41 heavy (non-hydrogen) atoms. The first-order valence-electron chi connectivity index (χ1n) is 16.7. The molecule has 0 fully saturated rings. The first kappa shape index (κ1) is 39.6. The van der Waals surface area contributed by atoms with E-state index in [4.69, 9.17) is 0 Å². The number of unbranched alkanes of at least 4 members (excludes halogenated alkanes) is 15. The van der Waals surface area contributed by atoms with Crippen LogP contribution in [0.4, 0.5) is 0 Å². The van der Waals surface area contributed by atoms with Gasteiger partial charge in [0.2, 0.25) is 5.91 Å². The van der Waals surface area contributed by atoms with Gasteiger partial charge in [0.25, 0.3) is 10.1 Å². The summed E-state index contributed by atoms with van der Waals surface area (Å²) >= 11 is 0. The smallest absolute Gasteiger partial charge is 0.266 e. The molecule has 1 amide bonds. The summed E-state index contributed by atoms with van der Waals surface area (Å²) in [6, 6.07) is -0.983. The molecule has 0 radical (unpaired) electrons. The summed E-state index contributed by atoms with van der Waals surface area (Å²) in [5.41, 5.74) is 0. The summed E-state index contributed by atoms with van der Waals surface area (Å²) in [4.78, 5) is 12.4. The van der Waals surface area contributed by atoms with Gasteiger partial charge in [0, 0.05) is 6.42 Å². The molecule has 2 unspecified atom stereocenters. The topological polar surface area (TPSA) is 104 Å². The molecular formula is C34H63NO5S. The summed E-state index contributed by atoms with van der Waals surface area (Å²) in [5.74, 6) is -0.937. The molecule has 0 aromatic rings. The van der Waals surface area contributed by atoms with Gasteiger partial charge in [-0.1, -0.05) is 140 Å². The monoisotopic (exact) mass is 597 g/mol. The predicted molar refractivity (Wildman–Crippen MR) is 175 cm³/mol. The number of carbonyl (C=O) groups is 1. The number of rotatable bonds is 29. The Labute approximate surface area is 253 Å². The minimum Gasteiger partial charge on any atom is -0.391 e. The van der Waals surface area contributed by atoms with Gasteiger partial charge in [-0.15, -0.1) is 0 Å². The number of allylic oxidation sites excluding steroid dienone is 6. The van der Waals surface area contributed by atoms with E-state index in [0.29, 0.717) is 12.8 Å². The third-order valence-corrected chi connectivity index (χ3v) is 8.14. The lowest BCUT2D eigenvalue weighted by molar-refractivity contribution is -0.122. The highest BCUT2D eigenvalue weighted by Gasteiger charge is 2.26. The van der Waals surface area contributed by atoms with Crippen LogP contribution >= 0.6 is 0 Å².